The lowest BCUT2D eigenvalue weighted by molar-refractivity contribution is -0.136. The average molecular weight is 1420 g/mol. The molecule has 6 amide bonds. The molecular formula is C68H70Br2Cl2N10O6S2. The van der Waals surface area contributed by atoms with Crippen molar-refractivity contribution in [1.29, 1.82) is 0 Å². The third-order valence-corrected chi connectivity index (χ3v) is 21.0. The van der Waals surface area contributed by atoms with Crippen molar-refractivity contribution in [2.75, 3.05) is 65.4 Å². The van der Waals surface area contributed by atoms with E-state index in [1.165, 1.54) is 29.6 Å². The van der Waals surface area contributed by atoms with Crippen molar-refractivity contribution in [2.24, 2.45) is 4.99 Å². The highest BCUT2D eigenvalue weighted by molar-refractivity contribution is 9.10. The second-order valence-electron chi connectivity index (χ2n) is 22.7. The number of piperazine rings is 2. The molecule has 4 fully saturated rings. The summed E-state index contributed by atoms with van der Waals surface area (Å²) in [6, 6.07) is 42.5. The quantitative estimate of drug-likeness (QED) is 0.0607. The summed E-state index contributed by atoms with van der Waals surface area (Å²) in [5.41, 5.74) is 7.78. The Morgan fingerprint density at radius 1 is 0.600 bits per heavy atom. The van der Waals surface area contributed by atoms with E-state index in [9.17, 15) is 19.2 Å². The molecule has 2 aromatic heterocycles. The minimum Gasteiger partial charge on any atom is -0.361 e. The number of hydrogen-bond donors (Lipinski definition) is 4. The largest absolute Gasteiger partial charge is 0.361 e. The van der Waals surface area contributed by atoms with Crippen LogP contribution in [-0.4, -0.2) is 145 Å². The molecule has 8 aromatic rings. The third-order valence-electron chi connectivity index (χ3n) is 16.6. The number of aromatic amines is 2. The van der Waals surface area contributed by atoms with Gasteiger partial charge in [-0.1, -0.05) is 127 Å². The van der Waals surface area contributed by atoms with E-state index in [4.69, 9.17) is 28.0 Å². The van der Waals surface area contributed by atoms with Gasteiger partial charge in [-0.15, -0.1) is 23.5 Å². The van der Waals surface area contributed by atoms with Gasteiger partial charge in [0.2, 0.25) is 29.7 Å². The summed E-state index contributed by atoms with van der Waals surface area (Å²) in [7, 11) is 0. The van der Waals surface area contributed by atoms with Crippen LogP contribution in [0.4, 0.5) is 4.79 Å². The van der Waals surface area contributed by atoms with Gasteiger partial charge in [0.15, 0.2) is 0 Å². The maximum absolute atomic E-state index is 15.0. The molecule has 22 heteroatoms. The first-order valence-corrected chi connectivity index (χ1v) is 33.9. The molecule has 0 bridgehead atoms. The molecule has 12 rings (SSSR count). The molecular weight excluding hydrogens is 1350 g/mol. The molecule has 0 radical (unpaired) electrons. The van der Waals surface area contributed by atoms with Crippen molar-refractivity contribution in [3.63, 3.8) is 0 Å². The lowest BCUT2D eigenvalue weighted by atomic mass is 9.90. The van der Waals surface area contributed by atoms with Crippen LogP contribution >= 0.6 is 78.6 Å². The van der Waals surface area contributed by atoms with Gasteiger partial charge in [-0.2, -0.15) is 0 Å². The number of H-pyrrole nitrogens is 2. The fourth-order valence-electron chi connectivity index (χ4n) is 12.2. The Kier molecular flexibility index (Phi) is 21.7. The summed E-state index contributed by atoms with van der Waals surface area (Å²) in [5.74, 6) is -0.192. The van der Waals surface area contributed by atoms with E-state index in [1.54, 1.807) is 11.8 Å². The average Bonchev–Trinajstić information content (AvgIpc) is 1.56. The summed E-state index contributed by atoms with van der Waals surface area (Å²) in [6.07, 6.45) is 5.43. The van der Waals surface area contributed by atoms with Crippen molar-refractivity contribution in [2.45, 2.75) is 85.0 Å². The lowest BCUT2D eigenvalue weighted by Gasteiger charge is -2.42. The Morgan fingerprint density at radius 2 is 1.01 bits per heavy atom. The summed E-state index contributed by atoms with van der Waals surface area (Å²) in [5, 5.41) is 9.33. The standard InChI is InChI=1S/C34H35BrClN5O3S.C31H30BrClN4O2S.C3H5NO/c1-3-37-33(44)40-16-14-39(15-17-40)32(43)34(45-26-11-4-22(2)5-12-26)19-30(42)41(21-23-6-8-24(35)9-7-23)31(34)28-20-38-29-18-25(36)10-13-27(28)29;1-20-2-9-24(10-3-20)40-31(30(39)36-14-12-34-13-15-36)17-28(38)37(19-21-4-6-22(32)7-5-21)29(31)26-18-35-27-16-23(33)8-11-25(26)27;1-2-4-3-5/h4-13,18,20,31,38H,3,14-17,19,21H2,1-2H3,(H,37,44);2-11,16,18,29,34-35H,12-15,17,19H2,1H3;2H2,1H3/t31-,34-;29-,31-;/m00./s1. The van der Waals surface area contributed by atoms with E-state index >= 15 is 4.79 Å². The van der Waals surface area contributed by atoms with Crippen LogP contribution in [0, 0.1) is 13.8 Å². The minimum absolute atomic E-state index is 0.0135. The number of aliphatic imine (C=N–C) groups is 1. The van der Waals surface area contributed by atoms with E-state index < -0.39 is 21.6 Å². The molecule has 4 aliphatic rings. The van der Waals surface area contributed by atoms with Gasteiger partial charge in [0.05, 0.1) is 24.9 Å². The number of thioether (sulfide) groups is 2. The molecule has 4 N–H and O–H groups in total. The van der Waals surface area contributed by atoms with Crippen LogP contribution in [0.3, 0.4) is 0 Å². The van der Waals surface area contributed by atoms with Gasteiger partial charge in [0, 0.05) is 153 Å². The number of hydrogen-bond acceptors (Lipinski definition) is 10. The van der Waals surface area contributed by atoms with Crippen molar-refractivity contribution < 1.29 is 28.8 Å². The topological polar surface area (TPSA) is 187 Å². The summed E-state index contributed by atoms with van der Waals surface area (Å²) in [4.78, 5) is 101. The number of likely N-dealkylation sites (tertiary alicyclic amines) is 2. The Hall–Kier alpha value is -6.87. The number of aromatic nitrogens is 2. The van der Waals surface area contributed by atoms with E-state index in [1.807, 2.05) is 155 Å². The van der Waals surface area contributed by atoms with Gasteiger partial charge in [0.1, 0.15) is 9.49 Å². The van der Waals surface area contributed by atoms with Crippen LogP contribution in [0.5, 0.6) is 0 Å². The molecule has 468 valence electrons. The number of nitrogens with one attached hydrogen (secondary N) is 4. The number of aryl methyl sites for hydroxylation is 2. The highest BCUT2D eigenvalue weighted by Gasteiger charge is 2.61. The highest BCUT2D eigenvalue weighted by atomic mass is 79.9. The van der Waals surface area contributed by atoms with E-state index in [-0.39, 0.29) is 42.5 Å². The molecule has 0 unspecified atom stereocenters. The number of amides is 6. The second kappa shape index (κ2) is 29.6. The molecule has 90 heavy (non-hydrogen) atoms. The van der Waals surface area contributed by atoms with Gasteiger partial charge < -0.3 is 45.1 Å². The highest BCUT2D eigenvalue weighted by Crippen LogP contribution is 2.57. The van der Waals surface area contributed by atoms with Crippen molar-refractivity contribution in [3.8, 4) is 0 Å². The Bertz CT molecular complexity index is 3930. The number of halogens is 4. The molecule has 0 spiro atoms. The Balaban J connectivity index is 0.000000185. The SMILES string of the molecule is CCN=C=O.CCNC(=O)N1CCN(C(=O)[C@]2(Sc3ccc(C)cc3)CC(=O)N(Cc3ccc(Br)cc3)[C@H]2c2c[nH]c3cc(Cl)ccc23)CC1.Cc1ccc(S[C@@]2(C(=O)N3CCNCC3)CC(=O)N(Cc3ccc(Br)cc3)[C@H]2c2c[nH]c3cc(Cl)ccc23)cc1. The lowest BCUT2D eigenvalue weighted by Crippen LogP contribution is -2.58. The van der Waals surface area contributed by atoms with Crippen molar-refractivity contribution in [3.05, 3.63) is 198 Å². The summed E-state index contributed by atoms with van der Waals surface area (Å²) >= 11 is 22.7. The van der Waals surface area contributed by atoms with Crippen LogP contribution in [0.25, 0.3) is 21.8 Å². The molecule has 0 aliphatic carbocycles. The first kappa shape index (κ1) is 66.1. The van der Waals surface area contributed by atoms with E-state index in [0.717, 1.165) is 87.0 Å². The summed E-state index contributed by atoms with van der Waals surface area (Å²) in [6.45, 7) is 13.9. The fourth-order valence-corrected chi connectivity index (χ4v) is 16.0. The Morgan fingerprint density at radius 3 is 1.40 bits per heavy atom. The molecule has 4 aliphatic heterocycles. The van der Waals surface area contributed by atoms with Gasteiger partial charge in [0.25, 0.3) is 0 Å². The molecule has 16 nitrogen and oxygen atoms in total. The van der Waals surface area contributed by atoms with Crippen LogP contribution in [0.2, 0.25) is 10.0 Å². The first-order valence-electron chi connectivity index (χ1n) is 29.9. The molecule has 6 aromatic carbocycles. The van der Waals surface area contributed by atoms with Gasteiger partial charge in [-0.3, -0.25) is 19.2 Å². The molecule has 4 saturated heterocycles. The normalized spacial score (nSPS) is 19.9. The van der Waals surface area contributed by atoms with E-state index in [0.29, 0.717) is 75.5 Å². The zero-order valence-electron chi connectivity index (χ0n) is 50.4. The zero-order valence-corrected chi connectivity index (χ0v) is 56.7. The molecule has 6 heterocycles. The molecule has 4 atom stereocenters. The minimum atomic E-state index is -1.16. The zero-order chi connectivity index (χ0) is 63.7. The van der Waals surface area contributed by atoms with E-state index in [2.05, 4.69) is 88.6 Å². The number of isocyanates is 1. The van der Waals surface area contributed by atoms with Crippen molar-refractivity contribution in [1.82, 2.24) is 45.1 Å². The summed E-state index contributed by atoms with van der Waals surface area (Å²) < 4.78 is -0.277. The smallest absolute Gasteiger partial charge is 0.317 e. The van der Waals surface area contributed by atoms with Crippen LogP contribution in [0.1, 0.15) is 72.2 Å². The number of carbonyl (C=O) groups excluding carboxylic acids is 6. The maximum Gasteiger partial charge on any atom is 0.317 e. The second-order valence-corrected chi connectivity index (χ2v) is 28.2. The number of nitrogens with zero attached hydrogens (tertiary/aromatic N) is 6. The molecule has 0 saturated carbocycles. The monoisotopic (exact) mass is 1410 g/mol. The number of urea groups is 1. The van der Waals surface area contributed by atoms with Crippen LogP contribution < -0.4 is 10.6 Å². The van der Waals surface area contributed by atoms with Crippen LogP contribution in [0.15, 0.2) is 170 Å². The van der Waals surface area contributed by atoms with Crippen LogP contribution in [-0.2, 0) is 37.1 Å². The number of fused-ring (bicyclic) bond motifs is 2. The first-order chi connectivity index (χ1) is 43.4. The van der Waals surface area contributed by atoms with Gasteiger partial charge in [-0.05, 0) is 112 Å². The Labute approximate surface area is 559 Å². The van der Waals surface area contributed by atoms with Gasteiger partial charge >= 0.3 is 6.03 Å². The predicted octanol–water partition coefficient (Wildman–Crippen LogP) is 13.4. The number of carbonyl (C=O) groups is 5. The third kappa shape index (κ3) is 14.7. The predicted molar refractivity (Wildman–Crippen MR) is 366 cm³/mol. The van der Waals surface area contributed by atoms with Gasteiger partial charge in [-0.25, -0.2) is 14.6 Å². The number of rotatable bonds is 14. The maximum atomic E-state index is 15.0. The van der Waals surface area contributed by atoms with Crippen molar-refractivity contribution >= 4 is 136 Å². The number of benzene rings is 6. The fraction of sp³-hybridized carbons (Fsp3) is 0.324.